The molecular formula is C15H26N2O6. The number of carbonyl (C=O) groups excluding carboxylic acids is 2. The van der Waals surface area contributed by atoms with Crippen LogP contribution in [0.25, 0.3) is 0 Å². The molecule has 132 valence electrons. The van der Waals surface area contributed by atoms with Crippen LogP contribution in [0.15, 0.2) is 0 Å². The van der Waals surface area contributed by atoms with Gasteiger partial charge in [0, 0.05) is 19.0 Å². The van der Waals surface area contributed by atoms with Crippen molar-refractivity contribution in [1.29, 1.82) is 0 Å². The number of carboxylic acids is 1. The Kier molecular flexibility index (Phi) is 5.50. The third-order valence-electron chi connectivity index (χ3n) is 2.97. The molecule has 1 unspecified atom stereocenters. The number of ether oxygens (including phenoxy) is 2. The SMILES string of the molecule is CC(C)(C)OC(=O)NC(C(=O)O)C1CN(C(=O)OC(C)(C)C)C1. The van der Waals surface area contributed by atoms with Crippen molar-refractivity contribution in [1.82, 2.24) is 10.2 Å². The summed E-state index contributed by atoms with van der Waals surface area (Å²) >= 11 is 0. The highest BCUT2D eigenvalue weighted by Gasteiger charge is 2.42. The zero-order valence-corrected chi connectivity index (χ0v) is 14.5. The van der Waals surface area contributed by atoms with Gasteiger partial charge in [-0.25, -0.2) is 14.4 Å². The van der Waals surface area contributed by atoms with Gasteiger partial charge < -0.3 is 24.8 Å². The van der Waals surface area contributed by atoms with Crippen LogP contribution in [0, 0.1) is 5.92 Å². The number of alkyl carbamates (subject to hydrolysis) is 1. The van der Waals surface area contributed by atoms with Crippen LogP contribution in [0.4, 0.5) is 9.59 Å². The van der Waals surface area contributed by atoms with Gasteiger partial charge in [0.2, 0.25) is 0 Å². The van der Waals surface area contributed by atoms with Crippen molar-refractivity contribution in [3.8, 4) is 0 Å². The van der Waals surface area contributed by atoms with E-state index in [0.717, 1.165) is 0 Å². The molecule has 0 aliphatic carbocycles. The first kappa shape index (κ1) is 19.1. The van der Waals surface area contributed by atoms with Gasteiger partial charge in [-0.05, 0) is 41.5 Å². The predicted octanol–water partition coefficient (Wildman–Crippen LogP) is 1.83. The lowest BCUT2D eigenvalue weighted by Gasteiger charge is -2.42. The summed E-state index contributed by atoms with van der Waals surface area (Å²) in [5.41, 5.74) is -1.32. The minimum atomic E-state index is -1.16. The first-order chi connectivity index (χ1) is 10.3. The Hall–Kier alpha value is -1.99. The molecule has 8 heteroatoms. The summed E-state index contributed by atoms with van der Waals surface area (Å²) < 4.78 is 10.3. The third kappa shape index (κ3) is 6.33. The van der Waals surface area contributed by atoms with E-state index in [0.29, 0.717) is 0 Å². The van der Waals surface area contributed by atoms with Crippen LogP contribution >= 0.6 is 0 Å². The fraction of sp³-hybridized carbons (Fsp3) is 0.800. The average molecular weight is 330 g/mol. The van der Waals surface area contributed by atoms with Gasteiger partial charge in [-0.1, -0.05) is 0 Å². The Morgan fingerprint density at radius 3 is 1.91 bits per heavy atom. The molecule has 0 aromatic carbocycles. The topological polar surface area (TPSA) is 105 Å². The van der Waals surface area contributed by atoms with Crippen LogP contribution in [0.1, 0.15) is 41.5 Å². The number of nitrogens with zero attached hydrogens (tertiary/aromatic N) is 1. The number of rotatable bonds is 3. The number of hydrogen-bond donors (Lipinski definition) is 2. The van der Waals surface area contributed by atoms with E-state index in [4.69, 9.17) is 9.47 Å². The predicted molar refractivity (Wildman–Crippen MR) is 82.1 cm³/mol. The molecule has 0 bridgehead atoms. The van der Waals surface area contributed by atoms with Crippen molar-refractivity contribution in [2.45, 2.75) is 58.8 Å². The van der Waals surface area contributed by atoms with Crippen LogP contribution in [-0.4, -0.2) is 58.5 Å². The van der Waals surface area contributed by atoms with E-state index < -0.39 is 35.4 Å². The quantitative estimate of drug-likeness (QED) is 0.818. The van der Waals surface area contributed by atoms with E-state index in [2.05, 4.69) is 5.32 Å². The molecule has 2 N–H and O–H groups in total. The highest BCUT2D eigenvalue weighted by Crippen LogP contribution is 2.23. The molecule has 0 radical (unpaired) electrons. The van der Waals surface area contributed by atoms with Crippen LogP contribution in [0.3, 0.4) is 0 Å². The molecule has 0 aromatic rings. The molecule has 8 nitrogen and oxygen atoms in total. The largest absolute Gasteiger partial charge is 0.480 e. The van der Waals surface area contributed by atoms with Crippen molar-refractivity contribution >= 4 is 18.2 Å². The van der Waals surface area contributed by atoms with Crippen molar-refractivity contribution in [3.05, 3.63) is 0 Å². The van der Waals surface area contributed by atoms with E-state index in [1.165, 1.54) is 4.90 Å². The summed E-state index contributed by atoms with van der Waals surface area (Å²) in [5, 5.41) is 11.6. The molecule has 1 fully saturated rings. The Balaban J connectivity index is 2.55. The second-order valence-corrected chi connectivity index (χ2v) is 7.61. The number of carbonyl (C=O) groups is 3. The fourth-order valence-electron chi connectivity index (χ4n) is 2.01. The van der Waals surface area contributed by atoms with Gasteiger partial charge in [-0.3, -0.25) is 0 Å². The monoisotopic (exact) mass is 330 g/mol. The number of carboxylic acid groups (broad SMARTS) is 1. The number of likely N-dealkylation sites (tertiary alicyclic amines) is 1. The summed E-state index contributed by atoms with van der Waals surface area (Å²) in [6.45, 7) is 10.8. The minimum absolute atomic E-state index is 0.210. The molecule has 23 heavy (non-hydrogen) atoms. The normalized spacial score (nSPS) is 17.0. The maximum Gasteiger partial charge on any atom is 0.410 e. The molecule has 1 aliphatic rings. The van der Waals surface area contributed by atoms with Crippen molar-refractivity contribution in [2.75, 3.05) is 13.1 Å². The van der Waals surface area contributed by atoms with E-state index in [9.17, 15) is 19.5 Å². The molecule has 1 rings (SSSR count). The first-order valence-corrected chi connectivity index (χ1v) is 7.49. The highest BCUT2D eigenvalue weighted by atomic mass is 16.6. The third-order valence-corrected chi connectivity index (χ3v) is 2.97. The van der Waals surface area contributed by atoms with E-state index in [1.54, 1.807) is 41.5 Å². The van der Waals surface area contributed by atoms with Gasteiger partial charge in [0.1, 0.15) is 17.2 Å². The Morgan fingerprint density at radius 2 is 1.52 bits per heavy atom. The first-order valence-electron chi connectivity index (χ1n) is 7.49. The minimum Gasteiger partial charge on any atom is -0.480 e. The molecule has 0 spiro atoms. The summed E-state index contributed by atoms with van der Waals surface area (Å²) in [6, 6.07) is -1.11. The zero-order valence-electron chi connectivity index (χ0n) is 14.5. The Morgan fingerprint density at radius 1 is 1.04 bits per heavy atom. The van der Waals surface area contributed by atoms with Gasteiger partial charge in [0.15, 0.2) is 0 Å². The maximum absolute atomic E-state index is 11.8. The van der Waals surface area contributed by atoms with Crippen molar-refractivity contribution < 1.29 is 29.0 Å². The van der Waals surface area contributed by atoms with Crippen molar-refractivity contribution in [2.24, 2.45) is 5.92 Å². The standard InChI is InChI=1S/C15H26N2O6/c1-14(2,3)22-12(20)16-10(11(18)19)9-7-17(8-9)13(21)23-15(4,5)6/h9-10H,7-8H2,1-6H3,(H,16,20)(H,18,19). The van der Waals surface area contributed by atoms with Crippen LogP contribution in [-0.2, 0) is 14.3 Å². The average Bonchev–Trinajstić information content (AvgIpc) is 2.19. The molecule has 0 aromatic heterocycles. The number of nitrogens with one attached hydrogen (secondary N) is 1. The summed E-state index contributed by atoms with van der Waals surface area (Å²) in [4.78, 5) is 36.3. The second-order valence-electron chi connectivity index (χ2n) is 7.61. The summed E-state index contributed by atoms with van der Waals surface area (Å²) in [7, 11) is 0. The summed E-state index contributed by atoms with van der Waals surface area (Å²) in [5.74, 6) is -1.54. The lowest BCUT2D eigenvalue weighted by Crippen LogP contribution is -2.61. The smallest absolute Gasteiger partial charge is 0.410 e. The van der Waals surface area contributed by atoms with Crippen LogP contribution in [0.2, 0.25) is 0 Å². The van der Waals surface area contributed by atoms with Gasteiger partial charge in [-0.2, -0.15) is 0 Å². The van der Waals surface area contributed by atoms with Crippen LogP contribution in [0.5, 0.6) is 0 Å². The highest BCUT2D eigenvalue weighted by molar-refractivity contribution is 5.81. The van der Waals surface area contributed by atoms with Crippen LogP contribution < -0.4 is 5.32 Å². The maximum atomic E-state index is 11.8. The fourth-order valence-corrected chi connectivity index (χ4v) is 2.01. The van der Waals surface area contributed by atoms with Crippen molar-refractivity contribution in [3.63, 3.8) is 0 Å². The van der Waals surface area contributed by atoms with Gasteiger partial charge in [-0.15, -0.1) is 0 Å². The second kappa shape index (κ2) is 6.64. The molecule has 2 amide bonds. The molecule has 1 heterocycles. The summed E-state index contributed by atoms with van der Waals surface area (Å²) in [6.07, 6.45) is -1.28. The molecule has 1 aliphatic heterocycles. The Bertz CT molecular complexity index is 471. The lowest BCUT2D eigenvalue weighted by molar-refractivity contribution is -0.143. The molecule has 1 saturated heterocycles. The van der Waals surface area contributed by atoms with Gasteiger partial charge in [0.05, 0.1) is 0 Å². The Labute approximate surface area is 136 Å². The lowest BCUT2D eigenvalue weighted by atomic mass is 9.92. The molecular weight excluding hydrogens is 304 g/mol. The number of aliphatic carboxylic acids is 1. The van der Waals surface area contributed by atoms with Gasteiger partial charge in [0.25, 0.3) is 0 Å². The molecule has 1 atom stereocenters. The van der Waals surface area contributed by atoms with E-state index >= 15 is 0 Å². The molecule has 0 saturated carbocycles. The zero-order chi connectivity index (χ0) is 18.0. The van der Waals surface area contributed by atoms with E-state index in [-0.39, 0.29) is 19.0 Å². The van der Waals surface area contributed by atoms with E-state index in [1.807, 2.05) is 0 Å². The van der Waals surface area contributed by atoms with Gasteiger partial charge >= 0.3 is 18.2 Å². The number of amides is 2. The number of hydrogen-bond acceptors (Lipinski definition) is 5.